The van der Waals surface area contributed by atoms with Gasteiger partial charge in [0.1, 0.15) is 11.9 Å². The molecule has 170 valence electrons. The Hall–Kier alpha value is -2.48. The molecule has 2 saturated carbocycles. The van der Waals surface area contributed by atoms with Crippen LogP contribution < -0.4 is 10.6 Å². The monoisotopic (exact) mass is 433 g/mol. The Kier molecular flexibility index (Phi) is 8.40. The van der Waals surface area contributed by atoms with E-state index in [2.05, 4.69) is 10.6 Å². The molecule has 7 nitrogen and oxygen atoms in total. The molecule has 0 radical (unpaired) electrons. The van der Waals surface area contributed by atoms with Crippen LogP contribution in [0, 0.1) is 5.82 Å². The van der Waals surface area contributed by atoms with Gasteiger partial charge in [-0.3, -0.25) is 14.4 Å². The van der Waals surface area contributed by atoms with E-state index in [0.29, 0.717) is 0 Å². The molecule has 0 heterocycles. The van der Waals surface area contributed by atoms with Crippen LogP contribution in [0.5, 0.6) is 0 Å². The van der Waals surface area contributed by atoms with E-state index < -0.39 is 29.6 Å². The van der Waals surface area contributed by atoms with Crippen LogP contribution in [-0.2, 0) is 19.1 Å². The fourth-order valence-corrected chi connectivity index (χ4v) is 4.48. The summed E-state index contributed by atoms with van der Waals surface area (Å²) in [7, 11) is 1.47. The Bertz CT molecular complexity index is 776. The molecule has 1 aromatic rings. The van der Waals surface area contributed by atoms with E-state index in [9.17, 15) is 18.8 Å². The molecular formula is C23H32FN3O4. The summed E-state index contributed by atoms with van der Waals surface area (Å²) in [5.41, 5.74) is 0.0658. The molecule has 1 atom stereocenters. The van der Waals surface area contributed by atoms with Crippen LogP contribution >= 0.6 is 0 Å². The number of halogens is 1. The van der Waals surface area contributed by atoms with E-state index in [0.717, 1.165) is 56.3 Å². The van der Waals surface area contributed by atoms with Gasteiger partial charge in [0.15, 0.2) is 0 Å². The summed E-state index contributed by atoms with van der Waals surface area (Å²) >= 11 is 0. The van der Waals surface area contributed by atoms with Crippen molar-refractivity contribution in [3.63, 3.8) is 0 Å². The van der Waals surface area contributed by atoms with Gasteiger partial charge in [0.2, 0.25) is 5.91 Å². The van der Waals surface area contributed by atoms with Gasteiger partial charge in [-0.15, -0.1) is 0 Å². The number of methoxy groups -OCH3 is 1. The first-order chi connectivity index (χ1) is 15.0. The van der Waals surface area contributed by atoms with E-state index >= 15 is 0 Å². The first-order valence-electron chi connectivity index (χ1n) is 11.2. The Morgan fingerprint density at radius 1 is 1.03 bits per heavy atom. The zero-order chi connectivity index (χ0) is 22.2. The normalized spacial score (nSPS) is 18.0. The van der Waals surface area contributed by atoms with Crippen LogP contribution in [0.1, 0.15) is 63.0 Å². The fraction of sp³-hybridized carbons (Fsp3) is 0.609. The molecule has 1 aromatic carbocycles. The molecule has 0 aliphatic heterocycles. The van der Waals surface area contributed by atoms with E-state index in [4.69, 9.17) is 4.74 Å². The molecule has 2 aliphatic rings. The van der Waals surface area contributed by atoms with Gasteiger partial charge in [-0.25, -0.2) is 4.39 Å². The lowest BCUT2D eigenvalue weighted by atomic mass is 10.0. The maximum absolute atomic E-state index is 14.7. The quantitative estimate of drug-likeness (QED) is 0.617. The predicted octanol–water partition coefficient (Wildman–Crippen LogP) is 2.46. The van der Waals surface area contributed by atoms with Crippen molar-refractivity contribution in [1.82, 2.24) is 15.5 Å². The minimum atomic E-state index is -1.25. The van der Waals surface area contributed by atoms with Gasteiger partial charge >= 0.3 is 11.8 Å². The van der Waals surface area contributed by atoms with Crippen molar-refractivity contribution in [2.75, 3.05) is 20.3 Å². The van der Waals surface area contributed by atoms with Crippen molar-refractivity contribution < 1.29 is 23.5 Å². The largest absolute Gasteiger partial charge is 0.383 e. The average Bonchev–Trinajstić information content (AvgIpc) is 3.45. The molecule has 0 bridgehead atoms. The molecule has 3 amide bonds. The van der Waals surface area contributed by atoms with E-state index in [-0.39, 0.29) is 30.8 Å². The molecule has 8 heteroatoms. The minimum absolute atomic E-state index is 0.00605. The number of carbonyl (C=O) groups is 3. The number of amides is 3. The maximum Gasteiger partial charge on any atom is 0.312 e. The highest BCUT2D eigenvalue weighted by molar-refractivity contribution is 6.35. The summed E-state index contributed by atoms with van der Waals surface area (Å²) < 4.78 is 19.9. The number of carbonyl (C=O) groups excluding carboxylic acids is 3. The van der Waals surface area contributed by atoms with Crippen molar-refractivity contribution in [2.45, 2.75) is 69.5 Å². The zero-order valence-electron chi connectivity index (χ0n) is 18.1. The third-order valence-corrected chi connectivity index (χ3v) is 6.14. The van der Waals surface area contributed by atoms with Gasteiger partial charge in [0.05, 0.1) is 6.61 Å². The second-order valence-electron chi connectivity index (χ2n) is 8.36. The smallest absolute Gasteiger partial charge is 0.312 e. The Labute approximate surface area is 182 Å². The van der Waals surface area contributed by atoms with Crippen molar-refractivity contribution in [2.24, 2.45) is 0 Å². The van der Waals surface area contributed by atoms with Crippen LogP contribution in [0.4, 0.5) is 4.39 Å². The number of nitrogens with zero attached hydrogens (tertiary/aromatic N) is 1. The van der Waals surface area contributed by atoms with Crippen LogP contribution in [0.3, 0.4) is 0 Å². The minimum Gasteiger partial charge on any atom is -0.383 e. The molecule has 2 N–H and O–H groups in total. The van der Waals surface area contributed by atoms with Crippen LogP contribution in [-0.4, -0.2) is 55.0 Å². The van der Waals surface area contributed by atoms with Gasteiger partial charge in [0.25, 0.3) is 0 Å². The van der Waals surface area contributed by atoms with E-state index in [1.165, 1.54) is 25.3 Å². The Morgan fingerprint density at radius 2 is 1.61 bits per heavy atom. The first-order valence-corrected chi connectivity index (χ1v) is 11.2. The second-order valence-corrected chi connectivity index (χ2v) is 8.36. The van der Waals surface area contributed by atoms with Crippen LogP contribution in [0.15, 0.2) is 24.3 Å². The summed E-state index contributed by atoms with van der Waals surface area (Å²) in [4.78, 5) is 40.3. The van der Waals surface area contributed by atoms with Crippen LogP contribution in [0.2, 0.25) is 0 Å². The molecule has 31 heavy (non-hydrogen) atoms. The predicted molar refractivity (Wildman–Crippen MR) is 114 cm³/mol. The molecule has 3 rings (SSSR count). The highest BCUT2D eigenvalue weighted by atomic mass is 19.1. The molecule has 0 saturated heterocycles. The van der Waals surface area contributed by atoms with Crippen molar-refractivity contribution in [1.29, 1.82) is 0 Å². The summed E-state index contributed by atoms with van der Waals surface area (Å²) in [6.07, 6.45) is 7.42. The van der Waals surface area contributed by atoms with Crippen molar-refractivity contribution in [3.8, 4) is 0 Å². The lowest BCUT2D eigenvalue weighted by molar-refractivity contribution is -0.151. The zero-order valence-corrected chi connectivity index (χ0v) is 18.1. The highest BCUT2D eigenvalue weighted by Gasteiger charge is 2.37. The van der Waals surface area contributed by atoms with Gasteiger partial charge in [-0.1, -0.05) is 43.9 Å². The molecular weight excluding hydrogens is 401 g/mol. The van der Waals surface area contributed by atoms with E-state index in [1.807, 2.05) is 0 Å². The average molecular weight is 434 g/mol. The fourth-order valence-electron chi connectivity index (χ4n) is 4.48. The standard InChI is InChI=1S/C23H32FN3O4/c1-31-15-14-27(23(30)22(29)26-17-10-4-5-11-17)20(18-12-6-7-13-19(18)24)21(28)25-16-8-2-3-9-16/h6-7,12-13,16-17,20H,2-5,8-11,14-15H2,1H3,(H,25,28)(H,26,29)/t20-/m0/s1. The third-order valence-electron chi connectivity index (χ3n) is 6.14. The number of benzene rings is 1. The summed E-state index contributed by atoms with van der Waals surface area (Å²) in [5, 5.41) is 5.73. The molecule has 2 fully saturated rings. The number of ether oxygens (including phenoxy) is 1. The van der Waals surface area contributed by atoms with Gasteiger partial charge in [-0.05, 0) is 31.7 Å². The van der Waals surface area contributed by atoms with Crippen molar-refractivity contribution >= 4 is 17.7 Å². The Balaban J connectivity index is 1.87. The van der Waals surface area contributed by atoms with Gasteiger partial charge in [-0.2, -0.15) is 0 Å². The van der Waals surface area contributed by atoms with Gasteiger partial charge < -0.3 is 20.3 Å². The molecule has 2 aliphatic carbocycles. The topological polar surface area (TPSA) is 87.7 Å². The van der Waals surface area contributed by atoms with Gasteiger partial charge in [0, 0.05) is 31.3 Å². The van der Waals surface area contributed by atoms with Crippen LogP contribution in [0.25, 0.3) is 0 Å². The molecule has 0 spiro atoms. The summed E-state index contributed by atoms with van der Waals surface area (Å²) in [6, 6.07) is 4.58. The Morgan fingerprint density at radius 3 is 2.19 bits per heavy atom. The molecule has 0 unspecified atom stereocenters. The number of nitrogens with one attached hydrogen (secondary N) is 2. The van der Waals surface area contributed by atoms with E-state index in [1.54, 1.807) is 6.07 Å². The molecule has 0 aromatic heterocycles. The summed E-state index contributed by atoms with van der Waals surface area (Å²) in [6.45, 7) is 0.106. The summed E-state index contributed by atoms with van der Waals surface area (Å²) in [5.74, 6) is -2.69. The third kappa shape index (κ3) is 6.03. The highest BCUT2D eigenvalue weighted by Crippen LogP contribution is 2.26. The first kappa shape index (κ1) is 23.2. The van der Waals surface area contributed by atoms with Crippen molar-refractivity contribution in [3.05, 3.63) is 35.6 Å². The maximum atomic E-state index is 14.7. The number of rotatable bonds is 8. The number of hydrogen-bond acceptors (Lipinski definition) is 4. The second kappa shape index (κ2) is 11.2. The SMILES string of the molecule is COCCN(C(=O)C(=O)NC1CCCC1)[C@H](C(=O)NC1CCCC1)c1ccccc1F. The lowest BCUT2D eigenvalue weighted by Crippen LogP contribution is -2.52. The lowest BCUT2D eigenvalue weighted by Gasteiger charge is -2.32. The number of hydrogen-bond donors (Lipinski definition) is 2.